The summed E-state index contributed by atoms with van der Waals surface area (Å²) in [6.07, 6.45) is 6.18. The van der Waals surface area contributed by atoms with Gasteiger partial charge in [-0.3, -0.25) is 9.97 Å². The van der Waals surface area contributed by atoms with Crippen LogP contribution in [0.4, 0.5) is 0 Å². The highest BCUT2D eigenvalue weighted by Crippen LogP contribution is 2.17. The average Bonchev–Trinajstić information content (AvgIpc) is 2.38. The van der Waals surface area contributed by atoms with Crippen molar-refractivity contribution in [1.29, 1.82) is 0 Å². The molecule has 4 heteroatoms. The van der Waals surface area contributed by atoms with E-state index in [-0.39, 0.29) is 6.04 Å². The Bertz CT molecular complexity index is 456. The van der Waals surface area contributed by atoms with Crippen LogP contribution in [0.25, 0.3) is 0 Å². The smallest absolute Gasteiger partial charge is 0.0589 e. The maximum Gasteiger partial charge on any atom is 0.0589 e. The topological polar surface area (TPSA) is 37.8 Å². The molecule has 0 aromatic carbocycles. The molecule has 3 nitrogen and oxygen atoms in total. The van der Waals surface area contributed by atoms with Crippen LogP contribution >= 0.6 is 11.6 Å². The molecule has 1 atom stereocenters. The van der Waals surface area contributed by atoms with Gasteiger partial charge in [0.25, 0.3) is 0 Å². The minimum absolute atomic E-state index is 0.177. The van der Waals surface area contributed by atoms with E-state index in [0.29, 0.717) is 5.02 Å². The van der Waals surface area contributed by atoms with E-state index in [9.17, 15) is 0 Å². The van der Waals surface area contributed by atoms with Crippen LogP contribution in [0.5, 0.6) is 0 Å². The van der Waals surface area contributed by atoms with Gasteiger partial charge in [0.1, 0.15) is 0 Å². The van der Waals surface area contributed by atoms with Crippen LogP contribution in [0.15, 0.2) is 42.9 Å². The number of nitrogens with zero attached hydrogens (tertiary/aromatic N) is 2. The third kappa shape index (κ3) is 3.25. The molecule has 1 unspecified atom stereocenters. The van der Waals surface area contributed by atoms with Crippen molar-refractivity contribution in [2.24, 2.45) is 0 Å². The number of pyridine rings is 2. The fourth-order valence-electron chi connectivity index (χ4n) is 1.70. The molecule has 0 spiro atoms. The van der Waals surface area contributed by atoms with Gasteiger partial charge >= 0.3 is 0 Å². The summed E-state index contributed by atoms with van der Waals surface area (Å²) in [7, 11) is 1.93. The first-order valence-corrected chi connectivity index (χ1v) is 5.85. The van der Waals surface area contributed by atoms with E-state index < -0.39 is 0 Å². The summed E-state index contributed by atoms with van der Waals surface area (Å²) in [4.78, 5) is 8.44. The molecule has 0 aliphatic carbocycles. The standard InChI is InChI=1S/C13H14ClN3/c1-15-13(7-10-3-2-6-16-8-10)12-5-4-11(14)9-17-12/h2-6,8-9,13,15H,7H2,1H3. The Labute approximate surface area is 106 Å². The van der Waals surface area contributed by atoms with E-state index in [0.717, 1.165) is 12.1 Å². The average molecular weight is 248 g/mol. The minimum atomic E-state index is 0.177. The first-order valence-electron chi connectivity index (χ1n) is 5.47. The highest BCUT2D eigenvalue weighted by molar-refractivity contribution is 6.30. The third-order valence-electron chi connectivity index (χ3n) is 2.62. The Morgan fingerprint density at radius 3 is 2.76 bits per heavy atom. The van der Waals surface area contributed by atoms with E-state index in [1.165, 1.54) is 5.56 Å². The Hall–Kier alpha value is -1.45. The maximum atomic E-state index is 5.83. The molecular weight excluding hydrogens is 234 g/mol. The number of aromatic nitrogens is 2. The molecule has 2 aromatic rings. The molecular formula is C13H14ClN3. The van der Waals surface area contributed by atoms with Gasteiger partial charge in [-0.15, -0.1) is 0 Å². The quantitative estimate of drug-likeness (QED) is 0.903. The zero-order chi connectivity index (χ0) is 12.1. The molecule has 0 aliphatic heterocycles. The summed E-state index contributed by atoms with van der Waals surface area (Å²) >= 11 is 5.83. The van der Waals surface area contributed by atoms with Crippen molar-refractivity contribution >= 4 is 11.6 Å². The lowest BCUT2D eigenvalue weighted by Gasteiger charge is -2.15. The van der Waals surface area contributed by atoms with Gasteiger partial charge in [0.05, 0.1) is 16.8 Å². The number of nitrogens with one attached hydrogen (secondary N) is 1. The first-order chi connectivity index (χ1) is 8.29. The van der Waals surface area contributed by atoms with Crippen LogP contribution in [-0.2, 0) is 6.42 Å². The van der Waals surface area contributed by atoms with E-state index >= 15 is 0 Å². The van der Waals surface area contributed by atoms with Crippen LogP contribution in [0.3, 0.4) is 0 Å². The second-order valence-electron chi connectivity index (χ2n) is 3.81. The lowest BCUT2D eigenvalue weighted by molar-refractivity contribution is 0.575. The summed E-state index contributed by atoms with van der Waals surface area (Å²) in [6.45, 7) is 0. The fraction of sp³-hybridized carbons (Fsp3) is 0.231. The highest BCUT2D eigenvalue weighted by atomic mass is 35.5. The van der Waals surface area contributed by atoms with Crippen molar-refractivity contribution in [3.63, 3.8) is 0 Å². The molecule has 0 bridgehead atoms. The van der Waals surface area contributed by atoms with Gasteiger partial charge in [-0.25, -0.2) is 0 Å². The summed E-state index contributed by atoms with van der Waals surface area (Å²) in [6, 6.07) is 7.98. The van der Waals surface area contributed by atoms with E-state index in [2.05, 4.69) is 21.4 Å². The summed E-state index contributed by atoms with van der Waals surface area (Å²) in [5, 5.41) is 3.91. The number of halogens is 1. The Balaban J connectivity index is 2.14. The molecule has 2 aromatic heterocycles. The molecule has 1 N–H and O–H groups in total. The zero-order valence-electron chi connectivity index (χ0n) is 9.60. The summed E-state index contributed by atoms with van der Waals surface area (Å²) < 4.78 is 0. The molecule has 0 radical (unpaired) electrons. The molecule has 0 fully saturated rings. The predicted molar refractivity (Wildman–Crippen MR) is 69.0 cm³/mol. The fourth-order valence-corrected chi connectivity index (χ4v) is 1.81. The molecule has 2 heterocycles. The normalized spacial score (nSPS) is 12.4. The monoisotopic (exact) mass is 247 g/mol. The number of hydrogen-bond donors (Lipinski definition) is 1. The highest BCUT2D eigenvalue weighted by Gasteiger charge is 2.11. The molecule has 0 aliphatic rings. The summed E-state index contributed by atoms with van der Waals surface area (Å²) in [5.74, 6) is 0. The van der Waals surface area contributed by atoms with E-state index in [1.54, 1.807) is 12.4 Å². The molecule has 0 saturated heterocycles. The van der Waals surface area contributed by atoms with Crippen molar-refractivity contribution in [3.8, 4) is 0 Å². The van der Waals surface area contributed by atoms with Crippen molar-refractivity contribution in [2.45, 2.75) is 12.5 Å². The van der Waals surface area contributed by atoms with Gasteiger partial charge in [0.15, 0.2) is 0 Å². The Kier molecular flexibility index (Phi) is 4.07. The van der Waals surface area contributed by atoms with Crippen LogP contribution in [0.1, 0.15) is 17.3 Å². The van der Waals surface area contributed by atoms with Crippen molar-refractivity contribution < 1.29 is 0 Å². The van der Waals surface area contributed by atoms with Gasteiger partial charge < -0.3 is 5.32 Å². The zero-order valence-corrected chi connectivity index (χ0v) is 10.4. The van der Waals surface area contributed by atoms with Gasteiger partial charge in [-0.05, 0) is 37.2 Å². The van der Waals surface area contributed by atoms with Crippen molar-refractivity contribution in [3.05, 3.63) is 59.1 Å². The van der Waals surface area contributed by atoms with Gasteiger partial charge in [0.2, 0.25) is 0 Å². The van der Waals surface area contributed by atoms with Crippen LogP contribution in [0.2, 0.25) is 5.02 Å². The van der Waals surface area contributed by atoms with Gasteiger partial charge in [-0.1, -0.05) is 17.7 Å². The lowest BCUT2D eigenvalue weighted by atomic mass is 10.0. The molecule has 17 heavy (non-hydrogen) atoms. The third-order valence-corrected chi connectivity index (χ3v) is 2.84. The van der Waals surface area contributed by atoms with Gasteiger partial charge in [-0.2, -0.15) is 0 Å². The Morgan fingerprint density at radius 2 is 2.18 bits per heavy atom. The second kappa shape index (κ2) is 5.75. The first kappa shape index (κ1) is 12.0. The van der Waals surface area contributed by atoms with Crippen LogP contribution in [-0.4, -0.2) is 17.0 Å². The predicted octanol–water partition coefficient (Wildman–Crippen LogP) is 2.63. The van der Waals surface area contributed by atoms with Crippen LogP contribution < -0.4 is 5.32 Å². The van der Waals surface area contributed by atoms with E-state index in [4.69, 9.17) is 11.6 Å². The largest absolute Gasteiger partial charge is 0.311 e. The molecule has 0 amide bonds. The molecule has 0 saturated carbocycles. The van der Waals surface area contributed by atoms with Gasteiger partial charge in [0, 0.05) is 18.6 Å². The molecule has 88 valence electrons. The van der Waals surface area contributed by atoms with Crippen molar-refractivity contribution in [2.75, 3.05) is 7.05 Å². The number of hydrogen-bond acceptors (Lipinski definition) is 3. The minimum Gasteiger partial charge on any atom is -0.311 e. The van der Waals surface area contributed by atoms with Crippen LogP contribution in [0, 0.1) is 0 Å². The van der Waals surface area contributed by atoms with E-state index in [1.807, 2.05) is 31.4 Å². The second-order valence-corrected chi connectivity index (χ2v) is 4.24. The molecule has 2 rings (SSSR count). The summed E-state index contributed by atoms with van der Waals surface area (Å²) in [5.41, 5.74) is 2.17. The van der Waals surface area contributed by atoms with Crippen molar-refractivity contribution in [1.82, 2.24) is 15.3 Å². The lowest BCUT2D eigenvalue weighted by Crippen LogP contribution is -2.19. The SMILES string of the molecule is CNC(Cc1cccnc1)c1ccc(Cl)cn1. The number of rotatable bonds is 4. The Morgan fingerprint density at radius 1 is 1.29 bits per heavy atom. The number of likely N-dealkylation sites (N-methyl/N-ethyl adjacent to an activating group) is 1. The maximum absolute atomic E-state index is 5.83.